The Morgan fingerprint density at radius 2 is 2.04 bits per heavy atom. The fourth-order valence-corrected chi connectivity index (χ4v) is 3.83. The Balaban J connectivity index is 1.64. The predicted octanol–water partition coefficient (Wildman–Crippen LogP) is 2.83. The maximum absolute atomic E-state index is 12.7. The fourth-order valence-electron chi connectivity index (χ4n) is 3.83. The summed E-state index contributed by atoms with van der Waals surface area (Å²) in [6, 6.07) is 8.54. The van der Waals surface area contributed by atoms with Gasteiger partial charge in [0.05, 0.1) is 12.0 Å². The van der Waals surface area contributed by atoms with Crippen LogP contribution in [0.2, 0.25) is 0 Å². The highest BCUT2D eigenvalue weighted by atomic mass is 16.2. The summed E-state index contributed by atoms with van der Waals surface area (Å²) in [5.74, 6) is 0.208. The van der Waals surface area contributed by atoms with Gasteiger partial charge in [-0.05, 0) is 43.2 Å². The summed E-state index contributed by atoms with van der Waals surface area (Å²) in [4.78, 5) is 26.4. The molecule has 4 nitrogen and oxygen atoms in total. The fraction of sp³-hybridized carbons (Fsp3) is 0.579. The van der Waals surface area contributed by atoms with E-state index in [9.17, 15) is 9.59 Å². The van der Waals surface area contributed by atoms with E-state index >= 15 is 0 Å². The van der Waals surface area contributed by atoms with Gasteiger partial charge in [-0.15, -0.1) is 0 Å². The van der Waals surface area contributed by atoms with Gasteiger partial charge in [0.25, 0.3) is 0 Å². The zero-order valence-electron chi connectivity index (χ0n) is 13.9. The van der Waals surface area contributed by atoms with Crippen LogP contribution in [0.5, 0.6) is 0 Å². The van der Waals surface area contributed by atoms with Gasteiger partial charge in [-0.2, -0.15) is 0 Å². The highest BCUT2D eigenvalue weighted by Gasteiger charge is 2.30. The lowest BCUT2D eigenvalue weighted by Crippen LogP contribution is -2.46. The third-order valence-corrected chi connectivity index (χ3v) is 5.13. The molecule has 0 spiro atoms. The van der Waals surface area contributed by atoms with E-state index in [0.717, 1.165) is 38.6 Å². The van der Waals surface area contributed by atoms with Crippen molar-refractivity contribution in [1.29, 1.82) is 0 Å². The van der Waals surface area contributed by atoms with Gasteiger partial charge in [-0.3, -0.25) is 9.59 Å². The number of aryl methyl sites for hydroxylation is 1. The molecule has 23 heavy (non-hydrogen) atoms. The molecule has 0 radical (unpaired) electrons. The van der Waals surface area contributed by atoms with Crippen molar-refractivity contribution in [3.05, 3.63) is 35.4 Å². The van der Waals surface area contributed by atoms with Gasteiger partial charge in [0.15, 0.2) is 0 Å². The number of amides is 2. The number of piperidine rings is 1. The Kier molecular flexibility index (Phi) is 4.99. The molecule has 0 bridgehead atoms. The lowest BCUT2D eigenvalue weighted by Gasteiger charge is -2.34. The summed E-state index contributed by atoms with van der Waals surface area (Å²) in [6.45, 7) is 3.25. The van der Waals surface area contributed by atoms with E-state index in [-0.39, 0.29) is 23.8 Å². The number of nitrogens with one attached hydrogen (secondary N) is 1. The van der Waals surface area contributed by atoms with E-state index in [4.69, 9.17) is 0 Å². The van der Waals surface area contributed by atoms with Crippen molar-refractivity contribution in [2.75, 3.05) is 13.1 Å². The monoisotopic (exact) mass is 314 g/mol. The number of benzene rings is 1. The van der Waals surface area contributed by atoms with E-state index in [1.165, 1.54) is 11.1 Å². The van der Waals surface area contributed by atoms with Crippen LogP contribution in [0.1, 0.15) is 56.2 Å². The number of hydrogen-bond donors (Lipinski definition) is 1. The minimum Gasteiger partial charge on any atom is -0.349 e. The van der Waals surface area contributed by atoms with Crippen LogP contribution >= 0.6 is 0 Å². The maximum atomic E-state index is 12.7. The predicted molar refractivity (Wildman–Crippen MR) is 89.9 cm³/mol. The van der Waals surface area contributed by atoms with Crippen molar-refractivity contribution < 1.29 is 9.59 Å². The number of rotatable bonds is 3. The van der Waals surface area contributed by atoms with Crippen LogP contribution in [-0.4, -0.2) is 29.8 Å². The van der Waals surface area contributed by atoms with Gasteiger partial charge < -0.3 is 10.2 Å². The largest absolute Gasteiger partial charge is 0.349 e. The summed E-state index contributed by atoms with van der Waals surface area (Å²) in [7, 11) is 0. The molecule has 1 saturated heterocycles. The number of fused-ring (bicyclic) bond motifs is 1. The van der Waals surface area contributed by atoms with E-state index < -0.39 is 0 Å². The molecule has 3 rings (SSSR count). The Morgan fingerprint density at radius 1 is 1.22 bits per heavy atom. The van der Waals surface area contributed by atoms with Crippen LogP contribution in [0.25, 0.3) is 0 Å². The smallest absolute Gasteiger partial charge is 0.225 e. The summed E-state index contributed by atoms with van der Waals surface area (Å²) in [5.41, 5.74) is 2.62. The molecule has 0 saturated carbocycles. The second-order valence-electron chi connectivity index (χ2n) is 6.68. The molecule has 2 atom stereocenters. The van der Waals surface area contributed by atoms with Gasteiger partial charge in [-0.1, -0.05) is 31.2 Å². The first-order valence-electron chi connectivity index (χ1n) is 8.85. The lowest BCUT2D eigenvalue weighted by atomic mass is 9.87. The van der Waals surface area contributed by atoms with Crippen LogP contribution in [-0.2, 0) is 16.0 Å². The second-order valence-corrected chi connectivity index (χ2v) is 6.68. The van der Waals surface area contributed by atoms with Gasteiger partial charge in [0, 0.05) is 19.5 Å². The van der Waals surface area contributed by atoms with E-state index in [1.54, 1.807) is 0 Å². The van der Waals surface area contributed by atoms with E-state index in [0.29, 0.717) is 13.0 Å². The number of hydrogen-bond acceptors (Lipinski definition) is 2. The van der Waals surface area contributed by atoms with Crippen LogP contribution in [0.3, 0.4) is 0 Å². The average Bonchev–Trinajstić information content (AvgIpc) is 2.61. The van der Waals surface area contributed by atoms with Gasteiger partial charge in [-0.25, -0.2) is 0 Å². The highest BCUT2D eigenvalue weighted by Crippen LogP contribution is 2.30. The average molecular weight is 314 g/mol. The number of likely N-dealkylation sites (tertiary alicyclic amines) is 1. The van der Waals surface area contributed by atoms with Crippen molar-refractivity contribution >= 4 is 11.8 Å². The molecule has 1 N–H and O–H groups in total. The van der Waals surface area contributed by atoms with Gasteiger partial charge >= 0.3 is 0 Å². The molecule has 1 heterocycles. The topological polar surface area (TPSA) is 49.4 Å². The molecule has 124 valence electrons. The van der Waals surface area contributed by atoms with Gasteiger partial charge in [0.2, 0.25) is 11.8 Å². The first kappa shape index (κ1) is 16.0. The van der Waals surface area contributed by atoms with Crippen molar-refractivity contribution in [1.82, 2.24) is 10.2 Å². The molecule has 1 aliphatic carbocycles. The summed E-state index contributed by atoms with van der Waals surface area (Å²) >= 11 is 0. The minimum atomic E-state index is -0.0617. The molecule has 0 unspecified atom stereocenters. The quantitative estimate of drug-likeness (QED) is 0.932. The number of carbonyl (C=O) groups is 2. The third-order valence-electron chi connectivity index (χ3n) is 5.13. The first-order chi connectivity index (χ1) is 11.2. The summed E-state index contributed by atoms with van der Waals surface area (Å²) < 4.78 is 0. The first-order valence-corrected chi connectivity index (χ1v) is 8.85. The lowest BCUT2D eigenvalue weighted by molar-refractivity contribution is -0.135. The highest BCUT2D eigenvalue weighted by molar-refractivity contribution is 5.81. The molecule has 1 aromatic carbocycles. The molecular weight excluding hydrogens is 288 g/mol. The molecule has 0 aromatic heterocycles. The van der Waals surface area contributed by atoms with Crippen molar-refractivity contribution in [2.45, 2.75) is 51.5 Å². The van der Waals surface area contributed by atoms with E-state index in [1.807, 2.05) is 17.9 Å². The van der Waals surface area contributed by atoms with Gasteiger partial charge in [0.1, 0.15) is 0 Å². The maximum Gasteiger partial charge on any atom is 0.225 e. The third kappa shape index (κ3) is 3.57. The van der Waals surface area contributed by atoms with Crippen molar-refractivity contribution in [3.8, 4) is 0 Å². The number of carbonyl (C=O) groups excluding carboxylic acids is 2. The van der Waals surface area contributed by atoms with Crippen LogP contribution in [0.4, 0.5) is 0 Å². The Labute approximate surface area is 138 Å². The minimum absolute atomic E-state index is 0.0617. The molecule has 4 heteroatoms. The van der Waals surface area contributed by atoms with Crippen LogP contribution < -0.4 is 5.32 Å². The summed E-state index contributed by atoms with van der Waals surface area (Å²) in [6.07, 6.45) is 5.55. The molecule has 2 amide bonds. The SMILES string of the molecule is CCC(=O)N1CCC[C@@H](C(=O)N[C@@H]2CCCc3ccccc32)C1. The Morgan fingerprint density at radius 3 is 2.87 bits per heavy atom. The molecular formula is C19H26N2O2. The Bertz CT molecular complexity index is 584. The van der Waals surface area contributed by atoms with Crippen LogP contribution in [0.15, 0.2) is 24.3 Å². The standard InChI is InChI=1S/C19H26N2O2/c1-2-18(22)21-12-6-9-15(13-21)19(23)20-17-11-5-8-14-7-3-4-10-16(14)17/h3-4,7,10,15,17H,2,5-6,8-9,11-13H2,1H3,(H,20,23)/t15-,17-/m1/s1. The van der Waals surface area contributed by atoms with E-state index in [2.05, 4.69) is 23.5 Å². The zero-order valence-corrected chi connectivity index (χ0v) is 13.9. The zero-order chi connectivity index (χ0) is 16.2. The summed E-state index contributed by atoms with van der Waals surface area (Å²) in [5, 5.41) is 3.25. The van der Waals surface area contributed by atoms with Crippen molar-refractivity contribution in [3.63, 3.8) is 0 Å². The normalized spacial score (nSPS) is 24.0. The molecule has 2 aliphatic rings. The second kappa shape index (κ2) is 7.16. The van der Waals surface area contributed by atoms with Crippen LogP contribution in [0, 0.1) is 5.92 Å². The molecule has 1 aromatic rings. The number of nitrogens with zero attached hydrogens (tertiary/aromatic N) is 1. The molecule has 1 fully saturated rings. The van der Waals surface area contributed by atoms with Crippen molar-refractivity contribution in [2.24, 2.45) is 5.92 Å². The molecule has 1 aliphatic heterocycles. The Hall–Kier alpha value is -1.84.